The molecule has 0 unspecified atom stereocenters. The van der Waals surface area contributed by atoms with E-state index in [2.05, 4.69) is 64.8 Å². The summed E-state index contributed by atoms with van der Waals surface area (Å²) in [5, 5.41) is 0. The predicted octanol–water partition coefficient (Wildman–Crippen LogP) is 2.61. The molecule has 3 rings (SSSR count). The molecule has 1 fully saturated rings. The SMILES string of the molecule is CC(C)CN1CCN(CCCN2CCN(C)CC2)c2ccccc21. The third kappa shape index (κ3) is 4.42. The summed E-state index contributed by atoms with van der Waals surface area (Å²) >= 11 is 0. The molecule has 0 bridgehead atoms. The smallest absolute Gasteiger partial charge is 0.0604 e. The lowest BCUT2D eigenvalue weighted by atomic mass is 10.1. The minimum Gasteiger partial charge on any atom is -0.368 e. The maximum atomic E-state index is 2.63. The first-order valence-corrected chi connectivity index (χ1v) is 9.63. The highest BCUT2D eigenvalue weighted by Crippen LogP contribution is 2.33. The molecule has 0 spiro atoms. The molecule has 2 aliphatic rings. The molecule has 0 atom stereocenters. The standard InChI is InChI=1S/C20H34N4/c1-18(2)17-24-16-15-23(19-7-4-5-8-20(19)24)10-6-9-22-13-11-21(3)12-14-22/h4-5,7-8,18H,6,9-17H2,1-3H3. The first kappa shape index (κ1) is 17.6. The van der Waals surface area contributed by atoms with E-state index in [0.29, 0.717) is 5.92 Å². The van der Waals surface area contributed by atoms with Gasteiger partial charge in [-0.05, 0) is 38.1 Å². The van der Waals surface area contributed by atoms with E-state index in [9.17, 15) is 0 Å². The van der Waals surface area contributed by atoms with Crippen molar-refractivity contribution in [1.29, 1.82) is 0 Å². The Kier molecular flexibility index (Phi) is 6.01. The highest BCUT2D eigenvalue weighted by Gasteiger charge is 2.22. The fourth-order valence-corrected chi connectivity index (χ4v) is 3.90. The van der Waals surface area contributed by atoms with Crippen LogP contribution in [0, 0.1) is 5.92 Å². The van der Waals surface area contributed by atoms with Gasteiger partial charge in [0, 0.05) is 52.4 Å². The number of nitrogens with zero attached hydrogens (tertiary/aromatic N) is 4. The lowest BCUT2D eigenvalue weighted by molar-refractivity contribution is 0.153. The molecule has 4 nitrogen and oxygen atoms in total. The molecule has 1 saturated heterocycles. The molecule has 0 N–H and O–H groups in total. The van der Waals surface area contributed by atoms with Crippen molar-refractivity contribution in [3.8, 4) is 0 Å². The van der Waals surface area contributed by atoms with Crippen molar-refractivity contribution in [2.24, 2.45) is 5.92 Å². The maximum absolute atomic E-state index is 2.63. The topological polar surface area (TPSA) is 13.0 Å². The minimum absolute atomic E-state index is 0.710. The van der Waals surface area contributed by atoms with Crippen molar-refractivity contribution in [3.05, 3.63) is 24.3 Å². The second-order valence-corrected chi connectivity index (χ2v) is 7.81. The van der Waals surface area contributed by atoms with Crippen LogP contribution in [0.5, 0.6) is 0 Å². The van der Waals surface area contributed by atoms with Crippen LogP contribution in [0.25, 0.3) is 0 Å². The van der Waals surface area contributed by atoms with Crippen molar-refractivity contribution in [2.45, 2.75) is 20.3 Å². The molecule has 1 aromatic carbocycles. The Morgan fingerprint density at radius 2 is 1.46 bits per heavy atom. The highest BCUT2D eigenvalue weighted by molar-refractivity contribution is 5.73. The quantitative estimate of drug-likeness (QED) is 0.795. The average Bonchev–Trinajstić information content (AvgIpc) is 2.58. The van der Waals surface area contributed by atoms with Crippen LogP contribution in [0.1, 0.15) is 20.3 Å². The Labute approximate surface area is 148 Å². The van der Waals surface area contributed by atoms with E-state index in [0.717, 1.165) is 19.6 Å². The minimum atomic E-state index is 0.710. The van der Waals surface area contributed by atoms with Gasteiger partial charge in [-0.2, -0.15) is 0 Å². The second-order valence-electron chi connectivity index (χ2n) is 7.81. The second kappa shape index (κ2) is 8.21. The van der Waals surface area contributed by atoms with Crippen molar-refractivity contribution in [3.63, 3.8) is 0 Å². The number of rotatable bonds is 6. The van der Waals surface area contributed by atoms with Crippen molar-refractivity contribution >= 4 is 11.4 Å². The number of para-hydroxylation sites is 2. The van der Waals surface area contributed by atoms with E-state index in [1.807, 2.05) is 0 Å². The van der Waals surface area contributed by atoms with Gasteiger partial charge in [-0.25, -0.2) is 0 Å². The molecule has 0 amide bonds. The first-order valence-electron chi connectivity index (χ1n) is 9.63. The summed E-state index contributed by atoms with van der Waals surface area (Å²) in [6.45, 7) is 15.4. The molecule has 0 aliphatic carbocycles. The van der Waals surface area contributed by atoms with Crippen molar-refractivity contribution < 1.29 is 0 Å². The zero-order chi connectivity index (χ0) is 16.9. The number of hydrogen-bond acceptors (Lipinski definition) is 4. The summed E-state index contributed by atoms with van der Waals surface area (Å²) in [6.07, 6.45) is 1.27. The van der Waals surface area contributed by atoms with Crippen molar-refractivity contribution in [2.75, 3.05) is 75.8 Å². The third-order valence-electron chi connectivity index (χ3n) is 5.29. The molecule has 2 heterocycles. The molecule has 24 heavy (non-hydrogen) atoms. The Balaban J connectivity index is 1.54. The predicted molar refractivity (Wildman–Crippen MR) is 104 cm³/mol. The van der Waals surface area contributed by atoms with Crippen molar-refractivity contribution in [1.82, 2.24) is 9.80 Å². The lowest BCUT2D eigenvalue weighted by Crippen LogP contribution is -2.46. The number of anilines is 2. The summed E-state index contributed by atoms with van der Waals surface area (Å²) in [7, 11) is 2.23. The van der Waals surface area contributed by atoms with Crippen LogP contribution in [-0.4, -0.2) is 75.8 Å². The Hall–Kier alpha value is -1.26. The van der Waals surface area contributed by atoms with Gasteiger partial charge in [0.1, 0.15) is 0 Å². The van der Waals surface area contributed by atoms with Gasteiger partial charge in [0.25, 0.3) is 0 Å². The van der Waals surface area contributed by atoms with Gasteiger partial charge in [0.2, 0.25) is 0 Å². The zero-order valence-corrected chi connectivity index (χ0v) is 15.7. The fourth-order valence-electron chi connectivity index (χ4n) is 3.90. The van der Waals surface area contributed by atoms with Gasteiger partial charge in [-0.15, -0.1) is 0 Å². The highest BCUT2D eigenvalue weighted by atomic mass is 15.3. The zero-order valence-electron chi connectivity index (χ0n) is 15.7. The summed E-state index contributed by atoms with van der Waals surface area (Å²) in [4.78, 5) is 10.2. The van der Waals surface area contributed by atoms with Crippen LogP contribution in [0.4, 0.5) is 11.4 Å². The maximum Gasteiger partial charge on any atom is 0.0604 e. The Morgan fingerprint density at radius 1 is 0.833 bits per heavy atom. The summed E-state index contributed by atoms with van der Waals surface area (Å²) in [5.74, 6) is 0.710. The number of fused-ring (bicyclic) bond motifs is 1. The number of likely N-dealkylation sites (N-methyl/N-ethyl adjacent to an activating group) is 1. The molecule has 0 saturated carbocycles. The normalized spacial score (nSPS) is 19.8. The van der Waals surface area contributed by atoms with E-state index in [-0.39, 0.29) is 0 Å². The Bertz CT molecular complexity index is 508. The summed E-state index contributed by atoms with van der Waals surface area (Å²) in [6, 6.07) is 8.97. The van der Waals surface area contributed by atoms with Gasteiger partial charge < -0.3 is 19.6 Å². The van der Waals surface area contributed by atoms with Crippen LogP contribution >= 0.6 is 0 Å². The van der Waals surface area contributed by atoms with Gasteiger partial charge in [0.15, 0.2) is 0 Å². The average molecular weight is 331 g/mol. The van der Waals surface area contributed by atoms with Gasteiger partial charge in [-0.3, -0.25) is 0 Å². The lowest BCUT2D eigenvalue weighted by Gasteiger charge is -2.40. The third-order valence-corrected chi connectivity index (χ3v) is 5.29. The first-order chi connectivity index (χ1) is 11.6. The molecular formula is C20H34N4. The molecule has 0 radical (unpaired) electrons. The van der Waals surface area contributed by atoms with E-state index in [1.165, 1.54) is 57.1 Å². The van der Waals surface area contributed by atoms with Gasteiger partial charge >= 0.3 is 0 Å². The fraction of sp³-hybridized carbons (Fsp3) is 0.700. The number of benzene rings is 1. The summed E-state index contributed by atoms with van der Waals surface area (Å²) < 4.78 is 0. The largest absolute Gasteiger partial charge is 0.368 e. The van der Waals surface area contributed by atoms with E-state index in [4.69, 9.17) is 0 Å². The molecule has 134 valence electrons. The van der Waals surface area contributed by atoms with E-state index >= 15 is 0 Å². The number of piperazine rings is 1. The van der Waals surface area contributed by atoms with E-state index < -0.39 is 0 Å². The van der Waals surface area contributed by atoms with Crippen LogP contribution in [-0.2, 0) is 0 Å². The van der Waals surface area contributed by atoms with Gasteiger partial charge in [0.05, 0.1) is 11.4 Å². The van der Waals surface area contributed by atoms with Gasteiger partial charge in [-0.1, -0.05) is 26.0 Å². The molecule has 4 heteroatoms. The van der Waals surface area contributed by atoms with Crippen LogP contribution < -0.4 is 9.80 Å². The molecule has 1 aromatic rings. The monoisotopic (exact) mass is 330 g/mol. The summed E-state index contributed by atoms with van der Waals surface area (Å²) in [5.41, 5.74) is 2.86. The number of hydrogen-bond donors (Lipinski definition) is 0. The van der Waals surface area contributed by atoms with Crippen LogP contribution in [0.3, 0.4) is 0 Å². The molecule has 2 aliphatic heterocycles. The molecule has 0 aromatic heterocycles. The van der Waals surface area contributed by atoms with Crippen LogP contribution in [0.2, 0.25) is 0 Å². The molecular weight excluding hydrogens is 296 g/mol. The van der Waals surface area contributed by atoms with Crippen LogP contribution in [0.15, 0.2) is 24.3 Å². The Morgan fingerprint density at radius 3 is 2.12 bits per heavy atom. The van der Waals surface area contributed by atoms with E-state index in [1.54, 1.807) is 0 Å².